The summed E-state index contributed by atoms with van der Waals surface area (Å²) in [6, 6.07) is 8.51. The molecule has 2 aromatic carbocycles. The predicted molar refractivity (Wildman–Crippen MR) is 119 cm³/mol. The Morgan fingerprint density at radius 3 is 2.13 bits per heavy atom. The molecule has 0 spiro atoms. The lowest BCUT2D eigenvalue weighted by Gasteiger charge is -2.20. The van der Waals surface area contributed by atoms with Crippen LogP contribution >= 0.6 is 0 Å². The molecule has 0 amide bonds. The summed E-state index contributed by atoms with van der Waals surface area (Å²) < 4.78 is 45.8. The van der Waals surface area contributed by atoms with Crippen molar-refractivity contribution in [2.45, 2.75) is 58.4 Å². The van der Waals surface area contributed by atoms with Crippen molar-refractivity contribution in [3.8, 4) is 17.2 Å². The van der Waals surface area contributed by atoms with Crippen molar-refractivity contribution in [2.24, 2.45) is 0 Å². The van der Waals surface area contributed by atoms with Crippen molar-refractivity contribution < 1.29 is 22.6 Å². The van der Waals surface area contributed by atoms with E-state index in [0.717, 1.165) is 11.1 Å². The first kappa shape index (κ1) is 24.0. The van der Waals surface area contributed by atoms with E-state index in [0.29, 0.717) is 36.0 Å². The Kier molecular flexibility index (Phi) is 8.15. The van der Waals surface area contributed by atoms with Crippen molar-refractivity contribution in [2.75, 3.05) is 20.3 Å². The van der Waals surface area contributed by atoms with Gasteiger partial charge in [0.15, 0.2) is 11.5 Å². The van der Waals surface area contributed by atoms with Gasteiger partial charge in [-0.05, 0) is 74.6 Å². The van der Waals surface area contributed by atoms with Gasteiger partial charge < -0.3 is 14.2 Å². The largest absolute Gasteiger partial charge is 0.496 e. The highest BCUT2D eigenvalue weighted by Crippen LogP contribution is 2.33. The lowest BCUT2D eigenvalue weighted by molar-refractivity contribution is 0.287. The molecule has 0 unspecified atom stereocenters. The predicted octanol–water partition coefficient (Wildman–Crippen LogP) is 4.96. The molecule has 0 bridgehead atoms. The van der Waals surface area contributed by atoms with E-state index in [9.17, 15) is 8.42 Å². The Hall–Kier alpha value is -2.25. The Labute approximate surface area is 180 Å². The number of benzene rings is 2. The van der Waals surface area contributed by atoms with Gasteiger partial charge in [0.05, 0.1) is 25.2 Å². The van der Waals surface area contributed by atoms with E-state index in [1.54, 1.807) is 26.2 Å². The van der Waals surface area contributed by atoms with Crippen LogP contribution in [0.15, 0.2) is 35.2 Å². The SMILES string of the molecule is CCOc1ccc([C@@H](C)NS(=O)(=O)c2cc(C(C)C)c(OC)cc2C)cc1OCC. The van der Waals surface area contributed by atoms with Crippen molar-refractivity contribution in [1.29, 1.82) is 0 Å². The normalized spacial score (nSPS) is 12.7. The zero-order chi connectivity index (χ0) is 22.5. The number of methoxy groups -OCH3 is 1. The summed E-state index contributed by atoms with van der Waals surface area (Å²) in [6.07, 6.45) is 0. The fourth-order valence-electron chi connectivity index (χ4n) is 3.30. The lowest BCUT2D eigenvalue weighted by atomic mass is 10.0. The van der Waals surface area contributed by atoms with Gasteiger partial charge in [0, 0.05) is 6.04 Å². The van der Waals surface area contributed by atoms with Crippen LogP contribution in [-0.4, -0.2) is 28.7 Å². The first-order valence-corrected chi connectivity index (χ1v) is 11.7. The van der Waals surface area contributed by atoms with Crippen LogP contribution in [0.5, 0.6) is 17.2 Å². The molecule has 1 N–H and O–H groups in total. The first-order valence-electron chi connectivity index (χ1n) is 10.2. The standard InChI is InChI=1S/C23H33NO5S/c1-8-28-20-11-10-18(13-22(20)29-9-2)17(6)24-30(25,26)23-14-19(15(3)4)21(27-7)12-16(23)5/h10-15,17,24H,8-9H2,1-7H3/t17-/m1/s1. The van der Waals surface area contributed by atoms with Crippen LogP contribution in [0.3, 0.4) is 0 Å². The number of hydrogen-bond acceptors (Lipinski definition) is 5. The molecule has 0 aliphatic heterocycles. The van der Waals surface area contributed by atoms with E-state index in [1.165, 1.54) is 0 Å². The summed E-state index contributed by atoms with van der Waals surface area (Å²) in [7, 11) is -2.15. The van der Waals surface area contributed by atoms with Gasteiger partial charge in [-0.1, -0.05) is 19.9 Å². The molecular formula is C23H33NO5S. The second-order valence-corrected chi connectivity index (χ2v) is 9.11. The van der Waals surface area contributed by atoms with Gasteiger partial charge >= 0.3 is 0 Å². The van der Waals surface area contributed by atoms with E-state index in [2.05, 4.69) is 4.72 Å². The highest BCUT2D eigenvalue weighted by Gasteiger charge is 2.24. The maximum absolute atomic E-state index is 13.2. The van der Waals surface area contributed by atoms with Crippen LogP contribution in [0.2, 0.25) is 0 Å². The molecule has 6 nitrogen and oxygen atoms in total. The monoisotopic (exact) mass is 435 g/mol. The maximum Gasteiger partial charge on any atom is 0.241 e. The molecule has 30 heavy (non-hydrogen) atoms. The molecule has 0 saturated heterocycles. The Morgan fingerprint density at radius 2 is 1.57 bits per heavy atom. The van der Waals surface area contributed by atoms with Gasteiger partial charge in [-0.2, -0.15) is 0 Å². The van der Waals surface area contributed by atoms with E-state index in [-0.39, 0.29) is 10.8 Å². The van der Waals surface area contributed by atoms with Crippen LogP contribution in [0, 0.1) is 6.92 Å². The summed E-state index contributed by atoms with van der Waals surface area (Å²) in [6.45, 7) is 12.4. The topological polar surface area (TPSA) is 73.9 Å². The zero-order valence-electron chi connectivity index (χ0n) is 18.9. The van der Waals surface area contributed by atoms with E-state index >= 15 is 0 Å². The fraction of sp³-hybridized carbons (Fsp3) is 0.478. The molecule has 166 valence electrons. The number of ether oxygens (including phenoxy) is 3. The highest BCUT2D eigenvalue weighted by molar-refractivity contribution is 7.89. The first-order chi connectivity index (χ1) is 14.1. The molecule has 1 atom stereocenters. The van der Waals surface area contributed by atoms with Crippen molar-refractivity contribution in [3.63, 3.8) is 0 Å². The average molecular weight is 436 g/mol. The average Bonchev–Trinajstić information content (AvgIpc) is 2.68. The number of sulfonamides is 1. The Morgan fingerprint density at radius 1 is 0.933 bits per heavy atom. The molecule has 0 aromatic heterocycles. The van der Waals surface area contributed by atoms with Crippen LogP contribution < -0.4 is 18.9 Å². The molecule has 2 rings (SSSR count). The fourth-order valence-corrected chi connectivity index (χ4v) is 4.79. The highest BCUT2D eigenvalue weighted by atomic mass is 32.2. The number of aryl methyl sites for hydroxylation is 1. The zero-order valence-corrected chi connectivity index (χ0v) is 19.7. The Bertz CT molecular complexity index is 970. The number of nitrogens with one attached hydrogen (secondary N) is 1. The van der Waals surface area contributed by atoms with E-state index < -0.39 is 16.1 Å². The molecule has 0 aliphatic rings. The minimum absolute atomic E-state index is 0.131. The van der Waals surface area contributed by atoms with Crippen LogP contribution in [-0.2, 0) is 10.0 Å². The summed E-state index contributed by atoms with van der Waals surface area (Å²) in [4.78, 5) is 0.259. The second-order valence-electron chi connectivity index (χ2n) is 7.43. The van der Waals surface area contributed by atoms with Gasteiger partial charge in [0.1, 0.15) is 5.75 Å². The third kappa shape index (κ3) is 5.46. The summed E-state index contributed by atoms with van der Waals surface area (Å²) in [5.74, 6) is 2.07. The number of rotatable bonds is 10. The van der Waals surface area contributed by atoms with Gasteiger partial charge in [-0.15, -0.1) is 0 Å². The third-order valence-electron chi connectivity index (χ3n) is 4.84. The third-order valence-corrected chi connectivity index (χ3v) is 6.52. The number of hydrogen-bond donors (Lipinski definition) is 1. The van der Waals surface area contributed by atoms with Crippen molar-refractivity contribution in [3.05, 3.63) is 47.0 Å². The van der Waals surface area contributed by atoms with E-state index in [1.807, 2.05) is 52.8 Å². The molecule has 0 aliphatic carbocycles. The van der Waals surface area contributed by atoms with Gasteiger partial charge in [-0.25, -0.2) is 13.1 Å². The minimum atomic E-state index is -3.74. The van der Waals surface area contributed by atoms with Crippen LogP contribution in [0.4, 0.5) is 0 Å². The molecule has 0 saturated carbocycles. The molecule has 7 heteroatoms. The lowest BCUT2D eigenvalue weighted by Crippen LogP contribution is -2.27. The van der Waals surface area contributed by atoms with E-state index in [4.69, 9.17) is 14.2 Å². The Balaban J connectivity index is 2.37. The summed E-state index contributed by atoms with van der Waals surface area (Å²) >= 11 is 0. The molecule has 0 radical (unpaired) electrons. The van der Waals surface area contributed by atoms with Crippen LogP contribution in [0.1, 0.15) is 63.3 Å². The maximum atomic E-state index is 13.2. The molecule has 2 aromatic rings. The van der Waals surface area contributed by atoms with Gasteiger partial charge in [0.2, 0.25) is 10.0 Å². The molecular weight excluding hydrogens is 402 g/mol. The smallest absolute Gasteiger partial charge is 0.241 e. The minimum Gasteiger partial charge on any atom is -0.496 e. The molecule has 0 fully saturated rings. The van der Waals surface area contributed by atoms with Crippen LogP contribution in [0.25, 0.3) is 0 Å². The van der Waals surface area contributed by atoms with Crippen molar-refractivity contribution >= 4 is 10.0 Å². The second kappa shape index (κ2) is 10.2. The van der Waals surface area contributed by atoms with Gasteiger partial charge in [-0.3, -0.25) is 0 Å². The quantitative estimate of drug-likeness (QED) is 0.571. The summed E-state index contributed by atoms with van der Waals surface area (Å²) in [5, 5.41) is 0. The van der Waals surface area contributed by atoms with Crippen molar-refractivity contribution in [1.82, 2.24) is 4.72 Å². The molecule has 0 heterocycles. The van der Waals surface area contributed by atoms with Gasteiger partial charge in [0.25, 0.3) is 0 Å². The summed E-state index contributed by atoms with van der Waals surface area (Å²) in [5.41, 5.74) is 2.29.